The third kappa shape index (κ3) is 3.21. The summed E-state index contributed by atoms with van der Waals surface area (Å²) >= 11 is 0. The van der Waals surface area contributed by atoms with Crippen LogP contribution in [-0.2, 0) is 13.6 Å². The van der Waals surface area contributed by atoms with Crippen molar-refractivity contribution in [3.05, 3.63) is 53.2 Å². The molecule has 0 saturated carbocycles. The molecule has 1 unspecified atom stereocenters. The van der Waals surface area contributed by atoms with Crippen molar-refractivity contribution < 1.29 is 9.13 Å². The van der Waals surface area contributed by atoms with Gasteiger partial charge in [-0.25, -0.2) is 14.4 Å². The highest BCUT2D eigenvalue weighted by molar-refractivity contribution is 5.74. The molecule has 1 aliphatic heterocycles. The molecule has 1 aliphatic rings. The summed E-state index contributed by atoms with van der Waals surface area (Å²) in [5.74, 6) is 0.235. The van der Waals surface area contributed by atoms with Crippen LogP contribution in [0.4, 0.5) is 15.9 Å². The topological polar surface area (TPSA) is 96.2 Å². The predicted molar refractivity (Wildman–Crippen MR) is 111 cm³/mol. The minimum Gasteiger partial charge on any atom is -0.482 e. The largest absolute Gasteiger partial charge is 0.482 e. The maximum Gasteiger partial charge on any atom is 0.166 e. The molecule has 4 rings (SSSR count). The Balaban J connectivity index is 1.97. The fraction of sp³-hybridized carbons (Fsp3) is 0.286. The zero-order chi connectivity index (χ0) is 21.6. The first-order valence-electron chi connectivity index (χ1n) is 9.43. The number of rotatable bonds is 0. The number of halogens is 1. The maximum atomic E-state index is 14.1. The number of fused-ring (bicyclic) bond motifs is 5. The molecular formula is C21H22FN7O. The number of hydrogen-bond acceptors (Lipinski definition) is 7. The van der Waals surface area contributed by atoms with Crippen LogP contribution < -0.4 is 15.5 Å². The van der Waals surface area contributed by atoms with Gasteiger partial charge in [0.15, 0.2) is 11.6 Å². The number of nitrogens with zero attached hydrogens (tertiary/aromatic N) is 6. The minimum absolute atomic E-state index is 0.218. The van der Waals surface area contributed by atoms with Gasteiger partial charge in [0.2, 0.25) is 0 Å². The maximum absolute atomic E-state index is 14.1. The molecule has 1 aromatic carbocycles. The van der Waals surface area contributed by atoms with Gasteiger partial charge in [-0.1, -0.05) is 0 Å². The quantitative estimate of drug-likeness (QED) is 0.612. The van der Waals surface area contributed by atoms with Gasteiger partial charge in [-0.3, -0.25) is 4.68 Å². The van der Waals surface area contributed by atoms with E-state index in [9.17, 15) is 9.65 Å². The van der Waals surface area contributed by atoms with Gasteiger partial charge in [-0.15, -0.1) is 0 Å². The Kier molecular flexibility index (Phi) is 4.79. The van der Waals surface area contributed by atoms with E-state index in [0.717, 1.165) is 5.69 Å². The van der Waals surface area contributed by atoms with Gasteiger partial charge >= 0.3 is 0 Å². The number of hydrogen-bond donors (Lipinski definition) is 1. The highest BCUT2D eigenvalue weighted by Crippen LogP contribution is 2.37. The molecule has 1 atom stereocenters. The van der Waals surface area contributed by atoms with Crippen molar-refractivity contribution in [1.29, 1.82) is 5.26 Å². The summed E-state index contributed by atoms with van der Waals surface area (Å²) < 4.78 is 21.7. The molecule has 30 heavy (non-hydrogen) atoms. The molecule has 0 fully saturated rings. The second-order valence-corrected chi connectivity index (χ2v) is 7.32. The van der Waals surface area contributed by atoms with Gasteiger partial charge in [0.1, 0.15) is 23.7 Å². The normalized spacial score (nSPS) is 16.5. The fourth-order valence-electron chi connectivity index (χ4n) is 3.71. The van der Waals surface area contributed by atoms with E-state index in [2.05, 4.69) is 16.2 Å². The first kappa shape index (κ1) is 19.7. The lowest BCUT2D eigenvalue weighted by Crippen LogP contribution is -2.37. The molecule has 0 radical (unpaired) electrons. The van der Waals surface area contributed by atoms with E-state index in [-0.39, 0.29) is 11.6 Å². The summed E-state index contributed by atoms with van der Waals surface area (Å²) in [6.07, 6.45) is 1.12. The molecule has 9 heteroatoms. The second-order valence-electron chi connectivity index (χ2n) is 7.32. The monoisotopic (exact) mass is 407 g/mol. The van der Waals surface area contributed by atoms with E-state index < -0.39 is 6.10 Å². The zero-order valence-corrected chi connectivity index (χ0v) is 17.2. The summed E-state index contributed by atoms with van der Waals surface area (Å²) in [5, 5.41) is 18.1. The molecule has 3 heterocycles. The van der Waals surface area contributed by atoms with Crippen LogP contribution in [-0.4, -0.2) is 33.9 Å². The lowest BCUT2D eigenvalue weighted by molar-refractivity contribution is 0.225. The number of ether oxygens (including phenoxy) is 1. The molecule has 0 aliphatic carbocycles. The predicted octanol–water partition coefficient (Wildman–Crippen LogP) is 3.01. The summed E-state index contributed by atoms with van der Waals surface area (Å²) in [6, 6.07) is 8.57. The fourth-order valence-corrected chi connectivity index (χ4v) is 3.71. The smallest absolute Gasteiger partial charge is 0.166 e. The van der Waals surface area contributed by atoms with E-state index in [0.29, 0.717) is 40.4 Å². The number of aromatic nitrogens is 3. The Hall–Kier alpha value is -3.64. The number of benzene rings is 1. The van der Waals surface area contributed by atoms with E-state index in [1.54, 1.807) is 30.1 Å². The Bertz CT molecular complexity index is 1170. The summed E-state index contributed by atoms with van der Waals surface area (Å²) in [6.45, 7) is 2.26. The van der Waals surface area contributed by atoms with Crippen LogP contribution in [0.5, 0.6) is 5.75 Å². The van der Waals surface area contributed by atoms with Gasteiger partial charge in [-0.05, 0) is 31.2 Å². The SMILES string of the molecule is CC1Oc2cc(cnc2N)-c2c(nn(C)c2C#N)CN(C)N(C)c2ccc(F)cc21. The van der Waals surface area contributed by atoms with Crippen LogP contribution in [0.3, 0.4) is 0 Å². The lowest BCUT2D eigenvalue weighted by Gasteiger charge is -2.33. The molecule has 2 aromatic heterocycles. The van der Waals surface area contributed by atoms with Crippen molar-refractivity contribution in [3.63, 3.8) is 0 Å². The van der Waals surface area contributed by atoms with Gasteiger partial charge in [0, 0.05) is 44.0 Å². The summed E-state index contributed by atoms with van der Waals surface area (Å²) in [7, 11) is 5.52. The molecule has 0 amide bonds. The van der Waals surface area contributed by atoms with E-state index in [1.165, 1.54) is 12.1 Å². The Morgan fingerprint density at radius 2 is 2.03 bits per heavy atom. The number of hydrazine groups is 1. The first-order chi connectivity index (χ1) is 14.3. The molecule has 3 aromatic rings. The molecule has 2 N–H and O–H groups in total. The number of pyridine rings is 1. The molecule has 8 nitrogen and oxygen atoms in total. The lowest BCUT2D eigenvalue weighted by atomic mass is 10.0. The number of nitrogens with two attached hydrogens (primary N) is 1. The number of nitriles is 1. The van der Waals surface area contributed by atoms with Gasteiger partial charge in [-0.2, -0.15) is 10.4 Å². The van der Waals surface area contributed by atoms with Gasteiger partial charge < -0.3 is 15.5 Å². The number of anilines is 2. The summed E-state index contributed by atoms with van der Waals surface area (Å²) in [4.78, 5) is 4.26. The van der Waals surface area contributed by atoms with E-state index >= 15 is 0 Å². The second kappa shape index (κ2) is 7.31. The Labute approximate surface area is 173 Å². The molecule has 154 valence electrons. The van der Waals surface area contributed by atoms with Crippen molar-refractivity contribution in [3.8, 4) is 22.9 Å². The zero-order valence-electron chi connectivity index (χ0n) is 17.2. The van der Waals surface area contributed by atoms with Crippen LogP contribution in [0.2, 0.25) is 0 Å². The third-order valence-electron chi connectivity index (χ3n) is 5.37. The van der Waals surface area contributed by atoms with Crippen LogP contribution in [0.15, 0.2) is 30.5 Å². The van der Waals surface area contributed by atoms with Crippen LogP contribution in [0.1, 0.15) is 30.0 Å². The Morgan fingerprint density at radius 1 is 1.27 bits per heavy atom. The highest BCUT2D eigenvalue weighted by atomic mass is 19.1. The highest BCUT2D eigenvalue weighted by Gasteiger charge is 2.25. The summed E-state index contributed by atoms with van der Waals surface area (Å²) in [5.41, 5.74) is 10.0. The van der Waals surface area contributed by atoms with Crippen molar-refractivity contribution in [2.24, 2.45) is 7.05 Å². The van der Waals surface area contributed by atoms with Gasteiger partial charge in [0.25, 0.3) is 0 Å². The van der Waals surface area contributed by atoms with Crippen LogP contribution >= 0.6 is 0 Å². The van der Waals surface area contributed by atoms with E-state index in [4.69, 9.17) is 10.5 Å². The molecule has 0 spiro atoms. The average Bonchev–Trinajstić information content (AvgIpc) is 3.03. The van der Waals surface area contributed by atoms with Crippen LogP contribution in [0.25, 0.3) is 11.1 Å². The third-order valence-corrected chi connectivity index (χ3v) is 5.37. The van der Waals surface area contributed by atoms with Crippen molar-refractivity contribution in [2.75, 3.05) is 24.8 Å². The molecular weight excluding hydrogens is 385 g/mol. The minimum atomic E-state index is -0.492. The number of aryl methyl sites for hydroxylation is 1. The van der Waals surface area contributed by atoms with Gasteiger partial charge in [0.05, 0.1) is 17.9 Å². The van der Waals surface area contributed by atoms with Crippen LogP contribution in [0, 0.1) is 17.1 Å². The molecule has 0 saturated heterocycles. The van der Waals surface area contributed by atoms with Crippen molar-refractivity contribution >= 4 is 11.5 Å². The Morgan fingerprint density at radius 3 is 2.77 bits per heavy atom. The van der Waals surface area contributed by atoms with E-state index in [1.807, 2.05) is 31.0 Å². The first-order valence-corrected chi connectivity index (χ1v) is 9.43. The standard InChI is InChI=1S/C21H22FN7O/c1-12-15-8-14(22)5-6-17(15)29(4)27(2)11-16-20(18(9-23)28(3)26-16)13-7-19(30-12)21(24)25-10-13/h5-8,10,12H,11H2,1-4H3,(H2,24,25). The number of nitrogen functional groups attached to an aromatic ring is 1. The van der Waals surface area contributed by atoms with Crippen molar-refractivity contribution in [2.45, 2.75) is 19.6 Å². The average molecular weight is 407 g/mol. The van der Waals surface area contributed by atoms with Crippen molar-refractivity contribution in [1.82, 2.24) is 19.8 Å². The molecule has 2 bridgehead atoms.